The Kier molecular flexibility index (Phi) is 4.24. The normalized spacial score (nSPS) is 13.2. The van der Waals surface area contributed by atoms with Crippen molar-refractivity contribution in [1.82, 2.24) is 4.98 Å². The monoisotopic (exact) mass is 268 g/mol. The predicted octanol–water partition coefficient (Wildman–Crippen LogP) is 3.93. The number of aromatic nitrogens is 1. The third kappa shape index (κ3) is 3.67. The third-order valence-corrected chi connectivity index (χ3v) is 3.61. The van der Waals surface area contributed by atoms with E-state index >= 15 is 0 Å². The van der Waals surface area contributed by atoms with E-state index in [1.165, 1.54) is 16.7 Å². The molecule has 2 aromatic rings. The molecule has 1 heterocycles. The lowest BCUT2D eigenvalue weighted by molar-refractivity contribution is 0.589. The molecule has 0 spiro atoms. The highest BCUT2D eigenvalue weighted by molar-refractivity contribution is 5.29. The van der Waals surface area contributed by atoms with Gasteiger partial charge in [-0.3, -0.25) is 4.98 Å². The van der Waals surface area contributed by atoms with Gasteiger partial charge in [-0.25, -0.2) is 0 Å². The van der Waals surface area contributed by atoms with Crippen molar-refractivity contribution in [1.29, 1.82) is 0 Å². The molecule has 20 heavy (non-hydrogen) atoms. The van der Waals surface area contributed by atoms with Crippen LogP contribution in [0.1, 0.15) is 49.2 Å². The summed E-state index contributed by atoms with van der Waals surface area (Å²) >= 11 is 0. The first kappa shape index (κ1) is 14.7. The van der Waals surface area contributed by atoms with Crippen LogP contribution in [-0.2, 0) is 11.8 Å². The lowest BCUT2D eigenvalue weighted by atomic mass is 9.86. The van der Waals surface area contributed by atoms with E-state index in [9.17, 15) is 0 Å². The quantitative estimate of drug-likeness (QED) is 0.916. The lowest BCUT2D eigenvalue weighted by Crippen LogP contribution is -2.15. The summed E-state index contributed by atoms with van der Waals surface area (Å²) in [6.45, 7) is 8.70. The van der Waals surface area contributed by atoms with Crippen molar-refractivity contribution in [3.05, 3.63) is 65.0 Å². The molecule has 0 saturated heterocycles. The number of benzene rings is 1. The van der Waals surface area contributed by atoms with Crippen LogP contribution in [0.3, 0.4) is 0 Å². The molecule has 0 fully saturated rings. The van der Waals surface area contributed by atoms with E-state index in [0.717, 1.165) is 12.1 Å². The zero-order chi connectivity index (χ0) is 14.8. The largest absolute Gasteiger partial charge is 0.324 e. The molecule has 0 aliphatic rings. The molecular weight excluding hydrogens is 244 g/mol. The molecule has 0 aliphatic carbocycles. The molecular formula is C18H24N2. The third-order valence-electron chi connectivity index (χ3n) is 3.61. The molecule has 106 valence electrons. The second-order valence-electron chi connectivity index (χ2n) is 6.51. The Morgan fingerprint density at radius 1 is 1.05 bits per heavy atom. The van der Waals surface area contributed by atoms with Crippen LogP contribution in [0.4, 0.5) is 0 Å². The van der Waals surface area contributed by atoms with E-state index in [1.807, 2.05) is 13.1 Å². The maximum atomic E-state index is 6.28. The van der Waals surface area contributed by atoms with Crippen molar-refractivity contribution in [2.45, 2.75) is 45.6 Å². The summed E-state index contributed by atoms with van der Waals surface area (Å²) in [5.74, 6) is 0. The van der Waals surface area contributed by atoms with E-state index < -0.39 is 0 Å². The highest BCUT2D eigenvalue weighted by Crippen LogP contribution is 2.24. The summed E-state index contributed by atoms with van der Waals surface area (Å²) in [7, 11) is 0. The van der Waals surface area contributed by atoms with E-state index in [1.54, 1.807) is 0 Å². The standard InChI is InChI=1S/C18H24N2/c1-13-5-10-16(20-12-13)11-17(19)14-6-8-15(9-7-14)18(2,3)4/h5-10,12,17H,11,19H2,1-4H3. The Hall–Kier alpha value is -1.67. The number of nitrogens with two attached hydrogens (primary N) is 1. The zero-order valence-corrected chi connectivity index (χ0v) is 12.9. The Balaban J connectivity index is 2.09. The van der Waals surface area contributed by atoms with Gasteiger partial charge in [0.2, 0.25) is 0 Å². The van der Waals surface area contributed by atoms with Gasteiger partial charge < -0.3 is 5.73 Å². The van der Waals surface area contributed by atoms with Crippen LogP contribution in [0.5, 0.6) is 0 Å². The fourth-order valence-corrected chi connectivity index (χ4v) is 2.19. The van der Waals surface area contributed by atoms with Crippen LogP contribution in [0.2, 0.25) is 0 Å². The van der Waals surface area contributed by atoms with Gasteiger partial charge in [0.15, 0.2) is 0 Å². The van der Waals surface area contributed by atoms with Crippen molar-refractivity contribution in [2.75, 3.05) is 0 Å². The molecule has 2 nitrogen and oxygen atoms in total. The Bertz CT molecular complexity index is 547. The first-order chi connectivity index (χ1) is 9.36. The number of hydrogen-bond acceptors (Lipinski definition) is 2. The maximum Gasteiger partial charge on any atom is 0.0422 e. The van der Waals surface area contributed by atoms with Crippen molar-refractivity contribution < 1.29 is 0 Å². The second-order valence-corrected chi connectivity index (χ2v) is 6.51. The van der Waals surface area contributed by atoms with Gasteiger partial charge in [0.1, 0.15) is 0 Å². The molecule has 0 saturated carbocycles. The Labute approximate surface area is 122 Å². The zero-order valence-electron chi connectivity index (χ0n) is 12.9. The maximum absolute atomic E-state index is 6.28. The lowest BCUT2D eigenvalue weighted by Gasteiger charge is -2.20. The smallest absolute Gasteiger partial charge is 0.0422 e. The topological polar surface area (TPSA) is 38.9 Å². The van der Waals surface area contributed by atoms with E-state index in [2.05, 4.69) is 62.2 Å². The number of aryl methyl sites for hydroxylation is 1. The molecule has 1 unspecified atom stereocenters. The first-order valence-electron chi connectivity index (χ1n) is 7.14. The molecule has 1 aromatic heterocycles. The number of pyridine rings is 1. The van der Waals surface area contributed by atoms with Gasteiger partial charge in [0, 0.05) is 24.4 Å². The van der Waals surface area contributed by atoms with E-state index in [0.29, 0.717) is 0 Å². The van der Waals surface area contributed by atoms with Crippen LogP contribution in [-0.4, -0.2) is 4.98 Å². The first-order valence-corrected chi connectivity index (χ1v) is 7.14. The van der Waals surface area contributed by atoms with E-state index in [4.69, 9.17) is 5.73 Å². The predicted molar refractivity (Wildman–Crippen MR) is 84.7 cm³/mol. The minimum Gasteiger partial charge on any atom is -0.324 e. The van der Waals surface area contributed by atoms with Crippen molar-refractivity contribution in [3.63, 3.8) is 0 Å². The fraction of sp³-hybridized carbons (Fsp3) is 0.389. The summed E-state index contributed by atoms with van der Waals surface area (Å²) in [4.78, 5) is 4.42. The Morgan fingerprint density at radius 2 is 1.70 bits per heavy atom. The number of nitrogens with zero attached hydrogens (tertiary/aromatic N) is 1. The highest BCUT2D eigenvalue weighted by atomic mass is 14.7. The van der Waals surface area contributed by atoms with Gasteiger partial charge in [0.05, 0.1) is 0 Å². The summed E-state index contributed by atoms with van der Waals surface area (Å²) in [5, 5.41) is 0. The van der Waals surface area contributed by atoms with Crippen molar-refractivity contribution >= 4 is 0 Å². The van der Waals surface area contributed by atoms with Crippen LogP contribution >= 0.6 is 0 Å². The van der Waals surface area contributed by atoms with Gasteiger partial charge >= 0.3 is 0 Å². The van der Waals surface area contributed by atoms with Crippen LogP contribution in [0.15, 0.2) is 42.6 Å². The summed E-state index contributed by atoms with van der Waals surface area (Å²) in [5.41, 5.74) is 11.2. The van der Waals surface area contributed by atoms with Crippen molar-refractivity contribution in [3.8, 4) is 0 Å². The van der Waals surface area contributed by atoms with Gasteiger partial charge in [-0.1, -0.05) is 51.1 Å². The minimum atomic E-state index is -0.000718. The molecule has 2 N–H and O–H groups in total. The SMILES string of the molecule is Cc1ccc(CC(N)c2ccc(C(C)(C)C)cc2)nc1. The number of rotatable bonds is 3. The summed E-state index contributed by atoms with van der Waals surface area (Å²) < 4.78 is 0. The Morgan fingerprint density at radius 3 is 2.20 bits per heavy atom. The second kappa shape index (κ2) is 5.76. The van der Waals surface area contributed by atoms with Gasteiger partial charge in [0.25, 0.3) is 0 Å². The van der Waals surface area contributed by atoms with E-state index in [-0.39, 0.29) is 11.5 Å². The van der Waals surface area contributed by atoms with Crippen LogP contribution < -0.4 is 5.73 Å². The molecule has 2 heteroatoms. The summed E-state index contributed by atoms with van der Waals surface area (Å²) in [6, 6.07) is 12.8. The van der Waals surface area contributed by atoms with Crippen LogP contribution in [0, 0.1) is 6.92 Å². The van der Waals surface area contributed by atoms with Gasteiger partial charge in [-0.2, -0.15) is 0 Å². The van der Waals surface area contributed by atoms with Crippen LogP contribution in [0.25, 0.3) is 0 Å². The molecule has 0 bridgehead atoms. The average Bonchev–Trinajstić information content (AvgIpc) is 2.40. The van der Waals surface area contributed by atoms with Gasteiger partial charge in [-0.15, -0.1) is 0 Å². The average molecular weight is 268 g/mol. The molecule has 0 amide bonds. The molecule has 1 atom stereocenters. The summed E-state index contributed by atoms with van der Waals surface area (Å²) in [6.07, 6.45) is 2.67. The molecule has 1 aromatic carbocycles. The van der Waals surface area contributed by atoms with Gasteiger partial charge in [-0.05, 0) is 35.1 Å². The molecule has 2 rings (SSSR count). The number of hydrogen-bond donors (Lipinski definition) is 1. The fourth-order valence-electron chi connectivity index (χ4n) is 2.19. The van der Waals surface area contributed by atoms with Crippen molar-refractivity contribution in [2.24, 2.45) is 5.73 Å². The highest BCUT2D eigenvalue weighted by Gasteiger charge is 2.14. The minimum absolute atomic E-state index is 0.000718. The molecule has 0 aliphatic heterocycles. The molecule has 0 radical (unpaired) electrons.